The van der Waals surface area contributed by atoms with Crippen LogP contribution in [0.5, 0.6) is 11.5 Å². The van der Waals surface area contributed by atoms with Gasteiger partial charge in [-0.1, -0.05) is 40.2 Å². The maximum Gasteiger partial charge on any atom is 0.341 e. The lowest BCUT2D eigenvalue weighted by molar-refractivity contribution is -0.139. The molecule has 1 aliphatic heterocycles. The Kier molecular flexibility index (Phi) is 7.17. The minimum atomic E-state index is -1.10. The van der Waals surface area contributed by atoms with E-state index in [4.69, 9.17) is 14.6 Å². The fraction of sp³-hybridized carbons (Fsp3) is 0.190. The lowest BCUT2D eigenvalue weighted by Crippen LogP contribution is -2.27. The molecule has 1 fully saturated rings. The molecule has 9 heteroatoms. The van der Waals surface area contributed by atoms with Crippen LogP contribution in [-0.4, -0.2) is 40.3 Å². The summed E-state index contributed by atoms with van der Waals surface area (Å²) in [5, 5.41) is 8.45. The number of ether oxygens (including phenoxy) is 2. The first-order valence-electron chi connectivity index (χ1n) is 8.99. The van der Waals surface area contributed by atoms with E-state index in [1.165, 1.54) is 4.90 Å². The molecule has 0 aliphatic carbocycles. The van der Waals surface area contributed by atoms with Crippen molar-refractivity contribution in [1.29, 1.82) is 0 Å². The summed E-state index contributed by atoms with van der Waals surface area (Å²) in [4.78, 5) is 37.4. The first-order chi connectivity index (χ1) is 14.4. The number of carboxylic acid groups (broad SMARTS) is 1. The van der Waals surface area contributed by atoms with Crippen LogP contribution in [-0.2, 0) is 16.1 Å². The number of carbonyl (C=O) groups excluding carboxylic acids is 2. The summed E-state index contributed by atoms with van der Waals surface area (Å²) < 4.78 is 11.6. The second kappa shape index (κ2) is 9.82. The van der Waals surface area contributed by atoms with Crippen LogP contribution in [0.2, 0.25) is 0 Å². The maximum atomic E-state index is 12.8. The molecular weight excluding hydrogens is 474 g/mol. The van der Waals surface area contributed by atoms with E-state index in [-0.39, 0.29) is 17.7 Å². The number of aliphatic carboxylic acids is 1. The largest absolute Gasteiger partial charge is 0.490 e. The average Bonchev–Trinajstić information content (AvgIpc) is 2.96. The number of carbonyl (C=O) groups is 3. The number of hydrogen-bond donors (Lipinski definition) is 1. The van der Waals surface area contributed by atoms with E-state index in [1.807, 2.05) is 24.3 Å². The number of amides is 2. The topological polar surface area (TPSA) is 93.1 Å². The molecule has 0 radical (unpaired) electrons. The van der Waals surface area contributed by atoms with Crippen molar-refractivity contribution in [3.8, 4) is 11.5 Å². The Balaban J connectivity index is 1.81. The predicted molar refractivity (Wildman–Crippen MR) is 116 cm³/mol. The van der Waals surface area contributed by atoms with Gasteiger partial charge in [-0.25, -0.2) is 4.79 Å². The molecule has 2 aromatic rings. The molecule has 0 atom stereocenters. The van der Waals surface area contributed by atoms with Crippen molar-refractivity contribution >= 4 is 50.9 Å². The van der Waals surface area contributed by atoms with Crippen LogP contribution in [0.4, 0.5) is 4.79 Å². The first kappa shape index (κ1) is 21.9. The fourth-order valence-corrected chi connectivity index (χ4v) is 3.97. The van der Waals surface area contributed by atoms with E-state index in [0.717, 1.165) is 21.8 Å². The Hall–Kier alpha value is -2.78. The molecule has 30 heavy (non-hydrogen) atoms. The van der Waals surface area contributed by atoms with Gasteiger partial charge in [-0.05, 0) is 54.1 Å². The van der Waals surface area contributed by atoms with Crippen LogP contribution >= 0.6 is 27.7 Å². The Labute approximate surface area is 185 Å². The summed E-state index contributed by atoms with van der Waals surface area (Å²) in [6.45, 7) is 1.83. The van der Waals surface area contributed by atoms with Gasteiger partial charge in [0.2, 0.25) is 0 Å². The van der Waals surface area contributed by atoms with Gasteiger partial charge >= 0.3 is 5.97 Å². The Bertz CT molecular complexity index is 1020. The summed E-state index contributed by atoms with van der Waals surface area (Å²) in [5.74, 6) is -0.816. The van der Waals surface area contributed by atoms with Gasteiger partial charge in [-0.15, -0.1) is 0 Å². The van der Waals surface area contributed by atoms with E-state index >= 15 is 0 Å². The van der Waals surface area contributed by atoms with E-state index in [0.29, 0.717) is 28.6 Å². The highest BCUT2D eigenvalue weighted by atomic mass is 79.9. The van der Waals surface area contributed by atoms with Crippen molar-refractivity contribution in [3.05, 3.63) is 63.0 Å². The van der Waals surface area contributed by atoms with E-state index < -0.39 is 12.6 Å². The standard InChI is InChI=1S/C21H18BrNO6S/c1-2-28-17-9-13(7-8-16(17)29-12-19(24)25)10-18-20(26)23(21(27)30-18)11-14-5-3-4-6-15(14)22/h3-10H,2,11-12H2,1H3,(H,24,25)/b18-10+. The number of benzene rings is 2. The van der Waals surface area contributed by atoms with Crippen LogP contribution in [0.3, 0.4) is 0 Å². The molecule has 0 aromatic heterocycles. The molecule has 1 N–H and O–H groups in total. The van der Waals surface area contributed by atoms with Crippen molar-refractivity contribution < 1.29 is 29.0 Å². The van der Waals surface area contributed by atoms with Gasteiger partial charge in [0.05, 0.1) is 18.1 Å². The highest BCUT2D eigenvalue weighted by Crippen LogP contribution is 2.36. The molecule has 0 saturated carbocycles. The lowest BCUT2D eigenvalue weighted by Gasteiger charge is -2.13. The second-order valence-electron chi connectivity index (χ2n) is 6.18. The second-order valence-corrected chi connectivity index (χ2v) is 8.03. The molecule has 0 bridgehead atoms. The number of halogens is 1. The third-order valence-corrected chi connectivity index (χ3v) is 5.76. The third-order valence-electron chi connectivity index (χ3n) is 4.08. The molecule has 3 rings (SSSR count). The minimum Gasteiger partial charge on any atom is -0.490 e. The quantitative estimate of drug-likeness (QED) is 0.541. The third kappa shape index (κ3) is 5.22. The van der Waals surface area contributed by atoms with Gasteiger partial charge in [0, 0.05) is 4.47 Å². The highest BCUT2D eigenvalue weighted by molar-refractivity contribution is 9.10. The van der Waals surface area contributed by atoms with Crippen molar-refractivity contribution in [2.75, 3.05) is 13.2 Å². The van der Waals surface area contributed by atoms with Crippen LogP contribution in [0.15, 0.2) is 51.8 Å². The van der Waals surface area contributed by atoms with E-state index in [1.54, 1.807) is 31.2 Å². The number of hydrogen-bond acceptors (Lipinski definition) is 6. The predicted octanol–water partition coefficient (Wildman–Crippen LogP) is 4.55. The number of nitrogens with zero attached hydrogens (tertiary/aromatic N) is 1. The first-order valence-corrected chi connectivity index (χ1v) is 10.6. The Morgan fingerprint density at radius 1 is 1.17 bits per heavy atom. The molecule has 0 unspecified atom stereocenters. The zero-order chi connectivity index (χ0) is 21.7. The molecule has 1 aliphatic rings. The van der Waals surface area contributed by atoms with Crippen molar-refractivity contribution in [2.24, 2.45) is 0 Å². The average molecular weight is 492 g/mol. The van der Waals surface area contributed by atoms with Crippen LogP contribution in [0, 0.1) is 0 Å². The zero-order valence-electron chi connectivity index (χ0n) is 16.0. The van der Waals surface area contributed by atoms with Gasteiger partial charge in [0.15, 0.2) is 18.1 Å². The monoisotopic (exact) mass is 491 g/mol. The van der Waals surface area contributed by atoms with Crippen molar-refractivity contribution in [2.45, 2.75) is 13.5 Å². The van der Waals surface area contributed by atoms with Crippen LogP contribution in [0.1, 0.15) is 18.1 Å². The summed E-state index contributed by atoms with van der Waals surface area (Å²) >= 11 is 4.30. The van der Waals surface area contributed by atoms with Crippen molar-refractivity contribution in [1.82, 2.24) is 4.90 Å². The summed E-state index contributed by atoms with van der Waals surface area (Å²) in [5.41, 5.74) is 1.46. The number of carboxylic acids is 1. The minimum absolute atomic E-state index is 0.176. The van der Waals surface area contributed by atoms with Crippen LogP contribution in [0.25, 0.3) is 6.08 Å². The molecule has 156 valence electrons. The van der Waals surface area contributed by atoms with Gasteiger partial charge in [-0.3, -0.25) is 14.5 Å². The SMILES string of the molecule is CCOc1cc(/C=C2/SC(=O)N(Cc3ccccc3Br)C2=O)ccc1OCC(=O)O. The Morgan fingerprint density at radius 2 is 1.93 bits per heavy atom. The van der Waals surface area contributed by atoms with Gasteiger partial charge in [0.1, 0.15) is 0 Å². The van der Waals surface area contributed by atoms with Crippen LogP contribution < -0.4 is 9.47 Å². The molecule has 2 amide bonds. The smallest absolute Gasteiger partial charge is 0.341 e. The number of thioether (sulfide) groups is 1. The zero-order valence-corrected chi connectivity index (χ0v) is 18.4. The van der Waals surface area contributed by atoms with Crippen molar-refractivity contribution in [3.63, 3.8) is 0 Å². The normalized spacial score (nSPS) is 15.0. The highest BCUT2D eigenvalue weighted by Gasteiger charge is 2.35. The maximum absolute atomic E-state index is 12.8. The summed E-state index contributed by atoms with van der Waals surface area (Å²) in [6.07, 6.45) is 1.61. The lowest BCUT2D eigenvalue weighted by atomic mass is 10.1. The molecule has 7 nitrogen and oxygen atoms in total. The molecule has 2 aromatic carbocycles. The van der Waals surface area contributed by atoms with Gasteiger partial charge in [-0.2, -0.15) is 0 Å². The number of imide groups is 1. The van der Waals surface area contributed by atoms with Gasteiger partial charge in [0.25, 0.3) is 11.1 Å². The molecule has 1 saturated heterocycles. The fourth-order valence-electron chi connectivity index (χ4n) is 2.73. The summed E-state index contributed by atoms with van der Waals surface area (Å²) in [7, 11) is 0. The molecular formula is C21H18BrNO6S. The molecule has 0 spiro atoms. The van der Waals surface area contributed by atoms with E-state index in [9.17, 15) is 14.4 Å². The molecule has 1 heterocycles. The summed E-state index contributed by atoms with van der Waals surface area (Å²) in [6, 6.07) is 12.3. The van der Waals surface area contributed by atoms with E-state index in [2.05, 4.69) is 15.9 Å². The number of rotatable bonds is 8. The van der Waals surface area contributed by atoms with Gasteiger partial charge < -0.3 is 14.6 Å². The Morgan fingerprint density at radius 3 is 2.63 bits per heavy atom.